The van der Waals surface area contributed by atoms with Gasteiger partial charge in [-0.05, 0) is 44.3 Å². The number of aryl methyl sites for hydroxylation is 1. The molecule has 29 heavy (non-hydrogen) atoms. The molecule has 7 heteroatoms. The Morgan fingerprint density at radius 1 is 1.21 bits per heavy atom. The van der Waals surface area contributed by atoms with Crippen LogP contribution in [0.5, 0.6) is 0 Å². The zero-order valence-electron chi connectivity index (χ0n) is 16.7. The van der Waals surface area contributed by atoms with Gasteiger partial charge in [0.2, 0.25) is 0 Å². The molecule has 1 N–H and O–H groups in total. The SMILES string of the molecule is Cc1nn(Cc2ccccc2)c(Cl)c1C(=O)NC[C@H](c1cccc(F)c1)N(C)C. The van der Waals surface area contributed by atoms with Crippen LogP contribution in [0.25, 0.3) is 0 Å². The number of amides is 1. The standard InChI is InChI=1S/C22H24ClFN4O/c1-15-20(21(23)28(26-15)14-16-8-5-4-6-9-16)22(29)25-13-19(27(2)3)17-10-7-11-18(24)12-17/h4-12,19H,13-14H2,1-3H3,(H,25,29)/t19-/m1/s1. The summed E-state index contributed by atoms with van der Waals surface area (Å²) in [7, 11) is 3.77. The molecule has 5 nitrogen and oxygen atoms in total. The molecule has 3 rings (SSSR count). The topological polar surface area (TPSA) is 50.2 Å². The first kappa shape index (κ1) is 21.0. The van der Waals surface area contributed by atoms with Crippen LogP contribution >= 0.6 is 11.6 Å². The number of aromatic nitrogens is 2. The number of nitrogens with one attached hydrogen (secondary N) is 1. The van der Waals surface area contributed by atoms with Gasteiger partial charge in [-0.15, -0.1) is 0 Å². The van der Waals surface area contributed by atoms with Gasteiger partial charge in [0, 0.05) is 6.54 Å². The van der Waals surface area contributed by atoms with Crippen molar-refractivity contribution in [3.8, 4) is 0 Å². The highest BCUT2D eigenvalue weighted by molar-refractivity contribution is 6.33. The summed E-state index contributed by atoms with van der Waals surface area (Å²) in [5.74, 6) is -0.600. The molecule has 0 aliphatic rings. The van der Waals surface area contributed by atoms with Crippen LogP contribution in [0, 0.1) is 12.7 Å². The van der Waals surface area contributed by atoms with Crippen molar-refractivity contribution in [3.05, 3.63) is 88.0 Å². The fraction of sp³-hybridized carbons (Fsp3) is 0.273. The molecule has 0 spiro atoms. The predicted octanol–water partition coefficient (Wildman–Crippen LogP) is 4.07. The average Bonchev–Trinajstić information content (AvgIpc) is 2.95. The molecular formula is C22H24ClFN4O. The fourth-order valence-electron chi connectivity index (χ4n) is 3.26. The van der Waals surface area contributed by atoms with Crippen LogP contribution < -0.4 is 5.32 Å². The van der Waals surface area contributed by atoms with Gasteiger partial charge in [-0.2, -0.15) is 5.10 Å². The van der Waals surface area contributed by atoms with E-state index in [2.05, 4.69) is 10.4 Å². The van der Waals surface area contributed by atoms with Gasteiger partial charge in [-0.3, -0.25) is 4.79 Å². The van der Waals surface area contributed by atoms with Crippen LogP contribution in [0.1, 0.15) is 33.2 Å². The van der Waals surface area contributed by atoms with E-state index >= 15 is 0 Å². The Balaban J connectivity index is 1.75. The van der Waals surface area contributed by atoms with Crippen molar-refractivity contribution in [3.63, 3.8) is 0 Å². The van der Waals surface area contributed by atoms with E-state index in [-0.39, 0.29) is 17.8 Å². The number of halogens is 2. The zero-order chi connectivity index (χ0) is 21.0. The third-order valence-electron chi connectivity index (χ3n) is 4.78. The highest BCUT2D eigenvalue weighted by atomic mass is 35.5. The van der Waals surface area contributed by atoms with Gasteiger partial charge < -0.3 is 10.2 Å². The van der Waals surface area contributed by atoms with E-state index in [0.29, 0.717) is 29.5 Å². The summed E-state index contributed by atoms with van der Waals surface area (Å²) in [5, 5.41) is 7.64. The molecule has 0 unspecified atom stereocenters. The van der Waals surface area contributed by atoms with Crippen molar-refractivity contribution in [2.45, 2.75) is 19.5 Å². The molecule has 1 heterocycles. The molecule has 0 saturated carbocycles. The van der Waals surface area contributed by atoms with Crippen LogP contribution in [0.15, 0.2) is 54.6 Å². The second-order valence-corrected chi connectivity index (χ2v) is 7.50. The van der Waals surface area contributed by atoms with Crippen molar-refractivity contribution in [1.82, 2.24) is 20.0 Å². The summed E-state index contributed by atoms with van der Waals surface area (Å²) in [6.07, 6.45) is 0. The van der Waals surface area contributed by atoms with Crippen molar-refractivity contribution in [1.29, 1.82) is 0 Å². The maximum Gasteiger partial charge on any atom is 0.256 e. The molecule has 152 valence electrons. The van der Waals surface area contributed by atoms with Crippen LogP contribution in [0.4, 0.5) is 4.39 Å². The van der Waals surface area contributed by atoms with Crippen molar-refractivity contribution < 1.29 is 9.18 Å². The number of carbonyl (C=O) groups excluding carboxylic acids is 1. The third-order valence-corrected chi connectivity index (χ3v) is 5.16. The van der Waals surface area contributed by atoms with Gasteiger partial charge in [-0.25, -0.2) is 9.07 Å². The third kappa shape index (κ3) is 5.02. The lowest BCUT2D eigenvalue weighted by Gasteiger charge is -2.25. The Labute approximate surface area is 175 Å². The molecule has 1 aromatic heterocycles. The molecule has 0 aliphatic heterocycles. The Kier molecular flexibility index (Phi) is 6.67. The summed E-state index contributed by atoms with van der Waals surface area (Å²) in [6.45, 7) is 2.56. The van der Waals surface area contributed by atoms with Gasteiger partial charge in [0.25, 0.3) is 5.91 Å². The average molecular weight is 415 g/mol. The van der Waals surface area contributed by atoms with E-state index in [1.807, 2.05) is 55.4 Å². The minimum atomic E-state index is -0.304. The van der Waals surface area contributed by atoms with Crippen LogP contribution in [-0.4, -0.2) is 41.2 Å². The van der Waals surface area contributed by atoms with E-state index in [4.69, 9.17) is 11.6 Å². The van der Waals surface area contributed by atoms with E-state index < -0.39 is 0 Å². The minimum Gasteiger partial charge on any atom is -0.350 e. The number of benzene rings is 2. The summed E-state index contributed by atoms with van der Waals surface area (Å²) in [6, 6.07) is 16.0. The zero-order valence-corrected chi connectivity index (χ0v) is 17.4. The highest BCUT2D eigenvalue weighted by Gasteiger charge is 2.22. The van der Waals surface area contributed by atoms with Crippen LogP contribution in [0.3, 0.4) is 0 Å². The lowest BCUT2D eigenvalue weighted by Crippen LogP contribution is -2.34. The predicted molar refractivity (Wildman–Crippen MR) is 113 cm³/mol. The number of rotatable bonds is 7. The van der Waals surface area contributed by atoms with Crippen LogP contribution in [-0.2, 0) is 6.54 Å². The molecule has 0 aliphatic carbocycles. The Morgan fingerprint density at radius 3 is 2.59 bits per heavy atom. The summed E-state index contributed by atoms with van der Waals surface area (Å²) >= 11 is 6.47. The summed E-state index contributed by atoms with van der Waals surface area (Å²) < 4.78 is 15.2. The minimum absolute atomic E-state index is 0.173. The summed E-state index contributed by atoms with van der Waals surface area (Å²) in [5.41, 5.74) is 2.76. The lowest BCUT2D eigenvalue weighted by molar-refractivity contribution is 0.0941. The van der Waals surface area contributed by atoms with Gasteiger partial charge in [0.15, 0.2) is 0 Å². The quantitative estimate of drug-likeness (QED) is 0.634. The molecule has 3 aromatic rings. The first-order valence-corrected chi connectivity index (χ1v) is 9.71. The number of likely N-dealkylation sites (N-methyl/N-ethyl adjacent to an activating group) is 1. The van der Waals surface area contributed by atoms with Crippen molar-refractivity contribution >= 4 is 17.5 Å². The molecular weight excluding hydrogens is 391 g/mol. The Hall–Kier alpha value is -2.70. The molecule has 1 atom stereocenters. The van der Waals surface area contributed by atoms with Gasteiger partial charge in [0.1, 0.15) is 11.0 Å². The first-order valence-electron chi connectivity index (χ1n) is 9.33. The largest absolute Gasteiger partial charge is 0.350 e. The maximum atomic E-state index is 13.6. The van der Waals surface area contributed by atoms with E-state index in [9.17, 15) is 9.18 Å². The van der Waals surface area contributed by atoms with Crippen LogP contribution in [0.2, 0.25) is 5.15 Å². The smallest absolute Gasteiger partial charge is 0.256 e. The molecule has 0 radical (unpaired) electrons. The number of nitrogens with zero attached hydrogens (tertiary/aromatic N) is 3. The normalized spacial score (nSPS) is 12.2. The molecule has 0 saturated heterocycles. The highest BCUT2D eigenvalue weighted by Crippen LogP contribution is 2.22. The number of hydrogen-bond acceptors (Lipinski definition) is 3. The Bertz CT molecular complexity index is 988. The van der Waals surface area contributed by atoms with E-state index in [0.717, 1.165) is 11.1 Å². The van der Waals surface area contributed by atoms with Gasteiger partial charge >= 0.3 is 0 Å². The maximum absolute atomic E-state index is 13.6. The van der Waals surface area contributed by atoms with Gasteiger partial charge in [0.05, 0.1) is 23.8 Å². The Morgan fingerprint density at radius 2 is 1.93 bits per heavy atom. The van der Waals surface area contributed by atoms with Crippen molar-refractivity contribution in [2.24, 2.45) is 0 Å². The fourth-order valence-corrected chi connectivity index (χ4v) is 3.58. The van der Waals surface area contributed by atoms with E-state index in [1.165, 1.54) is 12.1 Å². The number of carbonyl (C=O) groups is 1. The monoisotopic (exact) mass is 414 g/mol. The molecule has 1 amide bonds. The first-order chi connectivity index (χ1) is 13.9. The lowest BCUT2D eigenvalue weighted by atomic mass is 10.1. The van der Waals surface area contributed by atoms with E-state index in [1.54, 1.807) is 17.7 Å². The summed E-state index contributed by atoms with van der Waals surface area (Å²) in [4.78, 5) is 14.8. The van der Waals surface area contributed by atoms with Gasteiger partial charge in [-0.1, -0.05) is 54.1 Å². The second kappa shape index (κ2) is 9.20. The second-order valence-electron chi connectivity index (χ2n) is 7.14. The molecule has 0 bridgehead atoms. The number of hydrogen-bond donors (Lipinski definition) is 1. The van der Waals surface area contributed by atoms with Crippen molar-refractivity contribution in [2.75, 3.05) is 20.6 Å². The molecule has 0 fully saturated rings. The molecule has 2 aromatic carbocycles.